The molecular weight excluding hydrogens is 306 g/mol. The Hall–Kier alpha value is -2.55. The molecule has 1 atom stereocenters. The summed E-state index contributed by atoms with van der Waals surface area (Å²) in [5.41, 5.74) is 0.876. The highest BCUT2D eigenvalue weighted by atomic mass is 16.5. The van der Waals surface area contributed by atoms with E-state index in [1.165, 1.54) is 0 Å². The quantitative estimate of drug-likeness (QED) is 0.509. The minimum atomic E-state index is -0.682. The van der Waals surface area contributed by atoms with E-state index in [1.54, 1.807) is 0 Å². The molecule has 6 nitrogen and oxygen atoms in total. The molecule has 0 saturated carbocycles. The molecule has 24 heavy (non-hydrogen) atoms. The normalized spacial score (nSPS) is 11.2. The number of carbonyl (C=O) groups is 2. The number of rotatable bonds is 10. The van der Waals surface area contributed by atoms with Crippen LogP contribution < -0.4 is 10.6 Å². The van der Waals surface area contributed by atoms with Gasteiger partial charge in [0.1, 0.15) is 19.2 Å². The summed E-state index contributed by atoms with van der Waals surface area (Å²) in [5, 5.41) is 13.6. The Kier molecular flexibility index (Phi) is 9.70. The molecule has 1 unspecified atom stereocenters. The Labute approximate surface area is 143 Å². The lowest BCUT2D eigenvalue weighted by Gasteiger charge is -2.17. The highest BCUT2D eigenvalue weighted by Gasteiger charge is 2.20. The lowest BCUT2D eigenvalue weighted by atomic mass is 10.1. The molecule has 2 N–H and O–H groups in total. The lowest BCUT2D eigenvalue weighted by molar-refractivity contribution is -0.123. The number of hydrogen-bond acceptors (Lipinski definition) is 4. The smallest absolute Gasteiger partial charge is 0.408 e. The van der Waals surface area contributed by atoms with Crippen LogP contribution in [0.15, 0.2) is 30.3 Å². The molecule has 0 aliphatic rings. The summed E-state index contributed by atoms with van der Waals surface area (Å²) in [6.45, 7) is 2.18. The summed E-state index contributed by atoms with van der Waals surface area (Å²) in [6, 6.07) is 10.5. The Morgan fingerprint density at radius 1 is 1.21 bits per heavy atom. The number of amides is 2. The fourth-order valence-corrected chi connectivity index (χ4v) is 2.20. The van der Waals surface area contributed by atoms with E-state index in [9.17, 15) is 9.59 Å². The molecule has 0 saturated heterocycles. The van der Waals surface area contributed by atoms with Gasteiger partial charge in [0.25, 0.3) is 0 Å². The molecule has 0 aliphatic carbocycles. The van der Waals surface area contributed by atoms with Crippen molar-refractivity contribution in [2.75, 3.05) is 6.54 Å². The summed E-state index contributed by atoms with van der Waals surface area (Å²) < 4.78 is 5.15. The average Bonchev–Trinajstić information content (AvgIpc) is 2.61. The summed E-state index contributed by atoms with van der Waals surface area (Å²) in [4.78, 5) is 24.0. The highest BCUT2D eigenvalue weighted by molar-refractivity contribution is 5.85. The van der Waals surface area contributed by atoms with Gasteiger partial charge >= 0.3 is 6.09 Å². The van der Waals surface area contributed by atoms with Crippen molar-refractivity contribution >= 4 is 12.0 Å². The van der Waals surface area contributed by atoms with Crippen LogP contribution in [-0.4, -0.2) is 24.6 Å². The standard InChI is InChI=1S/C18H25N3O3/c1-2-3-4-8-11-16(17(22)20-13-12-19)21-18(23)24-14-15-9-6-5-7-10-15/h5-7,9-10,16H,2-4,8,11,13-14H2,1H3,(H,20,22)(H,21,23). The van der Waals surface area contributed by atoms with E-state index in [0.29, 0.717) is 6.42 Å². The zero-order chi connectivity index (χ0) is 17.6. The number of benzene rings is 1. The first kappa shape index (κ1) is 19.5. The van der Waals surface area contributed by atoms with Gasteiger partial charge in [0.15, 0.2) is 0 Å². The van der Waals surface area contributed by atoms with Gasteiger partial charge in [-0.05, 0) is 12.0 Å². The zero-order valence-electron chi connectivity index (χ0n) is 14.1. The Bertz CT molecular complexity index is 540. The molecule has 0 heterocycles. The SMILES string of the molecule is CCCCCCC(NC(=O)OCc1ccccc1)C(=O)NCC#N. The second-order valence-electron chi connectivity index (χ2n) is 5.48. The number of unbranched alkanes of at least 4 members (excludes halogenated alkanes) is 3. The molecule has 1 aromatic rings. The summed E-state index contributed by atoms with van der Waals surface area (Å²) in [5.74, 6) is -0.357. The van der Waals surface area contributed by atoms with Crippen LogP contribution in [0.1, 0.15) is 44.6 Å². The van der Waals surface area contributed by atoms with E-state index >= 15 is 0 Å². The summed E-state index contributed by atoms with van der Waals surface area (Å²) >= 11 is 0. The van der Waals surface area contributed by atoms with Gasteiger partial charge in [0, 0.05) is 0 Å². The number of carbonyl (C=O) groups excluding carboxylic acids is 2. The van der Waals surface area contributed by atoms with Crippen molar-refractivity contribution in [3.05, 3.63) is 35.9 Å². The lowest BCUT2D eigenvalue weighted by Crippen LogP contribution is -2.47. The third-order valence-electron chi connectivity index (χ3n) is 3.51. The van der Waals surface area contributed by atoms with Crippen molar-refractivity contribution in [2.45, 2.75) is 51.7 Å². The number of nitrogens with zero attached hydrogens (tertiary/aromatic N) is 1. The van der Waals surface area contributed by atoms with Crippen molar-refractivity contribution in [2.24, 2.45) is 0 Å². The van der Waals surface area contributed by atoms with Crippen molar-refractivity contribution in [3.63, 3.8) is 0 Å². The van der Waals surface area contributed by atoms with Gasteiger partial charge in [-0.3, -0.25) is 4.79 Å². The number of ether oxygens (including phenoxy) is 1. The molecule has 0 bridgehead atoms. The second kappa shape index (κ2) is 11.9. The number of nitrogens with one attached hydrogen (secondary N) is 2. The van der Waals surface area contributed by atoms with Crippen LogP contribution in [0, 0.1) is 11.3 Å². The first-order valence-corrected chi connectivity index (χ1v) is 8.29. The van der Waals surface area contributed by atoms with Gasteiger partial charge in [-0.1, -0.05) is 62.9 Å². The molecule has 1 rings (SSSR count). The molecule has 0 radical (unpaired) electrons. The molecule has 0 aromatic heterocycles. The zero-order valence-corrected chi connectivity index (χ0v) is 14.1. The van der Waals surface area contributed by atoms with Crippen LogP contribution in [0.3, 0.4) is 0 Å². The molecule has 130 valence electrons. The Balaban J connectivity index is 2.47. The van der Waals surface area contributed by atoms with E-state index in [1.807, 2.05) is 36.4 Å². The molecule has 1 aromatic carbocycles. The van der Waals surface area contributed by atoms with Crippen LogP contribution in [0.2, 0.25) is 0 Å². The van der Waals surface area contributed by atoms with Gasteiger partial charge in [-0.25, -0.2) is 4.79 Å². The Morgan fingerprint density at radius 3 is 2.62 bits per heavy atom. The average molecular weight is 331 g/mol. The first-order chi connectivity index (χ1) is 11.7. The van der Waals surface area contributed by atoms with E-state index in [4.69, 9.17) is 10.00 Å². The molecule has 0 fully saturated rings. The van der Waals surface area contributed by atoms with Crippen molar-refractivity contribution in [1.29, 1.82) is 5.26 Å². The van der Waals surface area contributed by atoms with Gasteiger partial charge < -0.3 is 15.4 Å². The minimum absolute atomic E-state index is 0.0783. The molecule has 0 aliphatic heterocycles. The maximum atomic E-state index is 12.0. The number of nitriles is 1. The maximum absolute atomic E-state index is 12.0. The monoisotopic (exact) mass is 331 g/mol. The van der Waals surface area contributed by atoms with Gasteiger partial charge in [-0.2, -0.15) is 5.26 Å². The molecular formula is C18H25N3O3. The largest absolute Gasteiger partial charge is 0.445 e. The van der Waals surface area contributed by atoms with Crippen LogP contribution in [0.4, 0.5) is 4.79 Å². The van der Waals surface area contributed by atoms with E-state index in [2.05, 4.69) is 17.6 Å². The van der Waals surface area contributed by atoms with Crippen LogP contribution in [0.5, 0.6) is 0 Å². The highest BCUT2D eigenvalue weighted by Crippen LogP contribution is 2.07. The van der Waals surface area contributed by atoms with E-state index in [-0.39, 0.29) is 19.1 Å². The predicted molar refractivity (Wildman–Crippen MR) is 90.9 cm³/mol. The summed E-state index contributed by atoms with van der Waals surface area (Å²) in [7, 11) is 0. The van der Waals surface area contributed by atoms with E-state index in [0.717, 1.165) is 31.2 Å². The van der Waals surface area contributed by atoms with Crippen LogP contribution in [0.25, 0.3) is 0 Å². The topological polar surface area (TPSA) is 91.2 Å². The van der Waals surface area contributed by atoms with Crippen LogP contribution in [-0.2, 0) is 16.1 Å². The van der Waals surface area contributed by atoms with Crippen LogP contribution >= 0.6 is 0 Å². The number of hydrogen-bond donors (Lipinski definition) is 2. The third-order valence-corrected chi connectivity index (χ3v) is 3.51. The van der Waals surface area contributed by atoms with Crippen molar-refractivity contribution in [1.82, 2.24) is 10.6 Å². The van der Waals surface area contributed by atoms with Gasteiger partial charge in [0.05, 0.1) is 6.07 Å². The Morgan fingerprint density at radius 2 is 1.96 bits per heavy atom. The van der Waals surface area contributed by atoms with E-state index < -0.39 is 12.1 Å². The summed E-state index contributed by atoms with van der Waals surface area (Å²) in [6.07, 6.45) is 3.91. The fourth-order valence-electron chi connectivity index (χ4n) is 2.20. The second-order valence-corrected chi connectivity index (χ2v) is 5.48. The van der Waals surface area contributed by atoms with Gasteiger partial charge in [-0.15, -0.1) is 0 Å². The molecule has 0 spiro atoms. The number of alkyl carbamates (subject to hydrolysis) is 1. The first-order valence-electron chi connectivity index (χ1n) is 8.29. The molecule has 6 heteroatoms. The predicted octanol–water partition coefficient (Wildman–Crippen LogP) is 2.89. The van der Waals surface area contributed by atoms with Crippen molar-refractivity contribution < 1.29 is 14.3 Å². The maximum Gasteiger partial charge on any atom is 0.408 e. The fraction of sp³-hybridized carbons (Fsp3) is 0.500. The third kappa shape index (κ3) is 8.18. The van der Waals surface area contributed by atoms with Crippen molar-refractivity contribution in [3.8, 4) is 6.07 Å². The minimum Gasteiger partial charge on any atom is -0.445 e. The molecule has 2 amide bonds. The van der Waals surface area contributed by atoms with Gasteiger partial charge in [0.2, 0.25) is 5.91 Å².